The maximum Gasteiger partial charge on any atom is 0.227 e. The van der Waals surface area contributed by atoms with Crippen molar-refractivity contribution in [3.63, 3.8) is 0 Å². The van der Waals surface area contributed by atoms with Crippen LogP contribution in [0.5, 0.6) is 0 Å². The van der Waals surface area contributed by atoms with E-state index in [4.69, 9.17) is 0 Å². The number of hydrogen-bond donors (Lipinski definition) is 3. The molecule has 2 aliphatic rings. The summed E-state index contributed by atoms with van der Waals surface area (Å²) in [6, 6.07) is 7.12. The van der Waals surface area contributed by atoms with Crippen LogP contribution in [0.15, 0.2) is 24.3 Å². The molecule has 1 aromatic carbocycles. The summed E-state index contributed by atoms with van der Waals surface area (Å²) >= 11 is 0. The first-order chi connectivity index (χ1) is 15.0. The summed E-state index contributed by atoms with van der Waals surface area (Å²) in [6.45, 7) is 5.04. The van der Waals surface area contributed by atoms with E-state index in [0.29, 0.717) is 31.4 Å². The summed E-state index contributed by atoms with van der Waals surface area (Å²) in [4.78, 5) is 25.0. The van der Waals surface area contributed by atoms with Crippen molar-refractivity contribution in [1.29, 1.82) is 0 Å². The maximum absolute atomic E-state index is 12.7. The number of sulfonamides is 1. The van der Waals surface area contributed by atoms with Crippen molar-refractivity contribution in [3.8, 4) is 0 Å². The molecular weight excluding hydrogens is 426 g/mol. The normalized spacial score (nSPS) is 22.8. The van der Waals surface area contributed by atoms with Gasteiger partial charge in [-0.15, -0.1) is 0 Å². The van der Waals surface area contributed by atoms with Crippen molar-refractivity contribution in [2.45, 2.75) is 89.3 Å². The number of anilines is 2. The first-order valence-corrected chi connectivity index (χ1v) is 13.3. The van der Waals surface area contributed by atoms with E-state index in [1.807, 2.05) is 12.1 Å². The van der Waals surface area contributed by atoms with Gasteiger partial charge in [0, 0.05) is 29.3 Å². The Morgan fingerprint density at radius 3 is 1.62 bits per heavy atom. The molecule has 1 aromatic rings. The van der Waals surface area contributed by atoms with Crippen LogP contribution >= 0.6 is 0 Å². The molecule has 0 bridgehead atoms. The summed E-state index contributed by atoms with van der Waals surface area (Å²) in [5.41, 5.74) is 1.44. The fourth-order valence-corrected chi connectivity index (χ4v) is 5.39. The predicted octanol–water partition coefficient (Wildman–Crippen LogP) is 4.42. The largest absolute Gasteiger partial charge is 0.326 e. The first kappa shape index (κ1) is 24.7. The van der Waals surface area contributed by atoms with Gasteiger partial charge in [-0.05, 0) is 83.6 Å². The zero-order valence-corrected chi connectivity index (χ0v) is 20.3. The fourth-order valence-electron chi connectivity index (χ4n) is 4.36. The zero-order chi connectivity index (χ0) is 23.4. The van der Waals surface area contributed by atoms with Crippen LogP contribution in [0.3, 0.4) is 0 Å². The van der Waals surface area contributed by atoms with Crippen LogP contribution in [0, 0.1) is 11.8 Å². The highest BCUT2D eigenvalue weighted by Crippen LogP contribution is 2.28. The minimum absolute atomic E-state index is 0.0406. The average Bonchev–Trinajstić information content (AvgIpc) is 2.75. The molecule has 0 atom stereocenters. The van der Waals surface area contributed by atoms with E-state index >= 15 is 0 Å². The molecule has 0 saturated heterocycles. The molecule has 2 aliphatic carbocycles. The van der Waals surface area contributed by atoms with Crippen molar-refractivity contribution in [3.05, 3.63) is 24.3 Å². The van der Waals surface area contributed by atoms with E-state index in [-0.39, 0.29) is 29.7 Å². The standard InChI is InChI=1S/C24H37N3O4S/c1-24(2,3)32(30,31)27-21-11-9-18(10-12-21)23(29)26-20-15-13-19(14-16-20)25-22(28)17-7-5-4-6-8-17/h13-18,21,27H,4-12H2,1-3H3,(H,25,28)(H,26,29). The number of nitrogens with one attached hydrogen (secondary N) is 3. The number of carbonyl (C=O) groups excluding carboxylic acids is 2. The lowest BCUT2D eigenvalue weighted by Gasteiger charge is -2.30. The predicted molar refractivity (Wildman–Crippen MR) is 128 cm³/mol. The summed E-state index contributed by atoms with van der Waals surface area (Å²) in [5.74, 6) is 0.0173. The molecule has 0 heterocycles. The van der Waals surface area contributed by atoms with Gasteiger partial charge in [-0.25, -0.2) is 13.1 Å². The second-order valence-corrected chi connectivity index (χ2v) is 12.6. The maximum atomic E-state index is 12.7. The first-order valence-electron chi connectivity index (χ1n) is 11.8. The fraction of sp³-hybridized carbons (Fsp3) is 0.667. The third-order valence-corrected chi connectivity index (χ3v) is 8.88. The highest BCUT2D eigenvalue weighted by Gasteiger charge is 2.34. The quantitative estimate of drug-likeness (QED) is 0.581. The van der Waals surface area contributed by atoms with Gasteiger partial charge in [0.15, 0.2) is 0 Å². The molecule has 0 unspecified atom stereocenters. The Labute approximate surface area is 192 Å². The van der Waals surface area contributed by atoms with Crippen LogP contribution in [0.2, 0.25) is 0 Å². The smallest absolute Gasteiger partial charge is 0.227 e. The lowest BCUT2D eigenvalue weighted by Crippen LogP contribution is -2.46. The molecule has 7 nitrogen and oxygen atoms in total. The Hall–Kier alpha value is -1.93. The van der Waals surface area contributed by atoms with Crippen LogP contribution in [-0.4, -0.2) is 31.0 Å². The summed E-state index contributed by atoms with van der Waals surface area (Å²) < 4.78 is 26.6. The molecular formula is C24H37N3O4S. The van der Waals surface area contributed by atoms with Crippen molar-refractivity contribution in [1.82, 2.24) is 4.72 Å². The molecule has 0 aromatic heterocycles. The van der Waals surface area contributed by atoms with Crippen molar-refractivity contribution in [2.75, 3.05) is 10.6 Å². The van der Waals surface area contributed by atoms with Gasteiger partial charge in [-0.3, -0.25) is 9.59 Å². The molecule has 0 spiro atoms. The molecule has 3 N–H and O–H groups in total. The van der Waals surface area contributed by atoms with Crippen molar-refractivity contribution < 1.29 is 18.0 Å². The van der Waals surface area contributed by atoms with E-state index in [9.17, 15) is 18.0 Å². The van der Waals surface area contributed by atoms with Crippen LogP contribution < -0.4 is 15.4 Å². The molecule has 8 heteroatoms. The van der Waals surface area contributed by atoms with E-state index in [1.165, 1.54) is 6.42 Å². The Morgan fingerprint density at radius 2 is 1.19 bits per heavy atom. The Bertz CT molecular complexity index is 892. The highest BCUT2D eigenvalue weighted by molar-refractivity contribution is 7.90. The lowest BCUT2D eigenvalue weighted by molar-refractivity contribution is -0.121. The number of amides is 2. The molecule has 178 valence electrons. The van der Waals surface area contributed by atoms with Crippen LogP contribution in [0.1, 0.15) is 78.6 Å². The number of carbonyl (C=O) groups is 2. The SMILES string of the molecule is CC(C)(C)S(=O)(=O)NC1CCC(C(=O)Nc2ccc(NC(=O)C3CCCCC3)cc2)CC1. The van der Waals surface area contributed by atoms with Gasteiger partial charge in [0.05, 0.1) is 4.75 Å². The van der Waals surface area contributed by atoms with Crippen LogP contribution in [-0.2, 0) is 19.6 Å². The van der Waals surface area contributed by atoms with Gasteiger partial charge < -0.3 is 10.6 Å². The van der Waals surface area contributed by atoms with Crippen molar-refractivity contribution in [2.24, 2.45) is 11.8 Å². The van der Waals surface area contributed by atoms with Gasteiger partial charge in [0.1, 0.15) is 0 Å². The monoisotopic (exact) mass is 463 g/mol. The highest BCUT2D eigenvalue weighted by atomic mass is 32.2. The number of hydrogen-bond acceptors (Lipinski definition) is 4. The minimum Gasteiger partial charge on any atom is -0.326 e. The zero-order valence-electron chi connectivity index (χ0n) is 19.4. The van der Waals surface area contributed by atoms with Gasteiger partial charge in [-0.2, -0.15) is 0 Å². The average molecular weight is 464 g/mol. The van der Waals surface area contributed by atoms with Crippen LogP contribution in [0.4, 0.5) is 11.4 Å². The second-order valence-electron chi connectivity index (χ2n) is 10.2. The lowest BCUT2D eigenvalue weighted by atomic mass is 9.86. The molecule has 2 saturated carbocycles. The molecule has 2 amide bonds. The van der Waals surface area contributed by atoms with Gasteiger partial charge in [0.25, 0.3) is 0 Å². The number of benzene rings is 1. The summed E-state index contributed by atoms with van der Waals surface area (Å²) in [5, 5.41) is 5.93. The molecule has 0 aliphatic heterocycles. The molecule has 0 radical (unpaired) electrons. The van der Waals surface area contributed by atoms with Gasteiger partial charge >= 0.3 is 0 Å². The minimum atomic E-state index is -3.38. The van der Waals surface area contributed by atoms with Gasteiger partial charge in [0.2, 0.25) is 21.8 Å². The third-order valence-electron chi connectivity index (χ3n) is 6.62. The van der Waals surface area contributed by atoms with E-state index in [1.54, 1.807) is 32.9 Å². The topological polar surface area (TPSA) is 104 Å². The summed E-state index contributed by atoms with van der Waals surface area (Å²) in [6.07, 6.45) is 7.98. The Morgan fingerprint density at radius 1 is 0.750 bits per heavy atom. The number of rotatable bonds is 6. The molecule has 32 heavy (non-hydrogen) atoms. The van der Waals surface area contributed by atoms with E-state index in [0.717, 1.165) is 31.4 Å². The third kappa shape index (κ3) is 6.54. The van der Waals surface area contributed by atoms with Crippen molar-refractivity contribution >= 4 is 33.2 Å². The molecule has 2 fully saturated rings. The molecule has 3 rings (SSSR count). The summed E-state index contributed by atoms with van der Waals surface area (Å²) in [7, 11) is -3.38. The Kier molecular flexibility index (Phi) is 7.98. The second kappa shape index (κ2) is 10.3. The Balaban J connectivity index is 1.45. The van der Waals surface area contributed by atoms with E-state index in [2.05, 4.69) is 15.4 Å². The van der Waals surface area contributed by atoms with Gasteiger partial charge in [-0.1, -0.05) is 19.3 Å². The van der Waals surface area contributed by atoms with Crippen LogP contribution in [0.25, 0.3) is 0 Å². The van der Waals surface area contributed by atoms with E-state index < -0.39 is 14.8 Å².